The maximum Gasteiger partial charge on any atom is 0.328 e. The van der Waals surface area contributed by atoms with E-state index in [1.807, 2.05) is 0 Å². The second kappa shape index (κ2) is 6.79. The van der Waals surface area contributed by atoms with Gasteiger partial charge in [0.1, 0.15) is 11.4 Å². The van der Waals surface area contributed by atoms with Crippen molar-refractivity contribution >= 4 is 5.91 Å². The van der Waals surface area contributed by atoms with E-state index in [-0.39, 0.29) is 17.7 Å². The lowest BCUT2D eigenvalue weighted by Crippen LogP contribution is -2.45. The van der Waals surface area contributed by atoms with Gasteiger partial charge in [-0.3, -0.25) is 14.2 Å². The molecule has 2 aromatic rings. The molecular weight excluding hydrogens is 317 g/mol. The lowest BCUT2D eigenvalue weighted by Gasteiger charge is -2.26. The van der Waals surface area contributed by atoms with Crippen LogP contribution >= 0.6 is 0 Å². The predicted octanol–water partition coefficient (Wildman–Crippen LogP) is 0.196. The number of aromatic amines is 1. The normalized spacial score (nSPS) is 14.6. The second-order valence-corrected chi connectivity index (χ2v) is 5.39. The summed E-state index contributed by atoms with van der Waals surface area (Å²) in [7, 11) is 0. The first-order chi connectivity index (χ1) is 11.6. The molecule has 1 aromatic heterocycles. The second-order valence-electron chi connectivity index (χ2n) is 5.39. The Balaban J connectivity index is 1.96. The van der Waals surface area contributed by atoms with E-state index in [1.54, 1.807) is 6.07 Å². The van der Waals surface area contributed by atoms with Crippen LogP contribution in [0.3, 0.4) is 0 Å². The summed E-state index contributed by atoms with van der Waals surface area (Å²) in [6.07, 6.45) is 1.11. The van der Waals surface area contributed by atoms with Crippen LogP contribution in [0.5, 0.6) is 0 Å². The van der Waals surface area contributed by atoms with Crippen LogP contribution in [0.4, 0.5) is 4.39 Å². The molecule has 1 fully saturated rings. The number of nitrogens with zero attached hydrogens (tertiary/aromatic N) is 2. The highest BCUT2D eigenvalue weighted by atomic mass is 19.1. The molecule has 126 valence electrons. The quantitative estimate of drug-likeness (QED) is 0.869. The molecule has 0 aliphatic carbocycles. The van der Waals surface area contributed by atoms with Gasteiger partial charge in [0.15, 0.2) is 0 Å². The van der Waals surface area contributed by atoms with Gasteiger partial charge in [0.05, 0.1) is 19.8 Å². The van der Waals surface area contributed by atoms with E-state index in [4.69, 9.17) is 4.74 Å². The number of halogens is 1. The number of aromatic nitrogens is 2. The van der Waals surface area contributed by atoms with Crippen molar-refractivity contribution < 1.29 is 13.9 Å². The fraction of sp³-hybridized carbons (Fsp3) is 0.312. The number of hydrogen-bond donors (Lipinski definition) is 1. The Morgan fingerprint density at radius 2 is 1.92 bits per heavy atom. The van der Waals surface area contributed by atoms with E-state index < -0.39 is 23.0 Å². The molecule has 0 unspecified atom stereocenters. The highest BCUT2D eigenvalue weighted by Gasteiger charge is 2.23. The third kappa shape index (κ3) is 3.13. The Labute approximate surface area is 136 Å². The largest absolute Gasteiger partial charge is 0.378 e. The molecule has 8 heteroatoms. The van der Waals surface area contributed by atoms with Crippen LogP contribution in [0.2, 0.25) is 0 Å². The Morgan fingerprint density at radius 3 is 2.62 bits per heavy atom. The van der Waals surface area contributed by atoms with Crippen LogP contribution < -0.4 is 11.2 Å². The van der Waals surface area contributed by atoms with E-state index in [9.17, 15) is 18.8 Å². The third-order valence-electron chi connectivity index (χ3n) is 3.88. The van der Waals surface area contributed by atoms with E-state index >= 15 is 0 Å². The SMILES string of the molecule is O=C(c1c[nH]c(=O)n(Cc2ccccc2F)c1=O)N1CCOCC1. The van der Waals surface area contributed by atoms with Crippen LogP contribution in [0.1, 0.15) is 15.9 Å². The van der Waals surface area contributed by atoms with Gasteiger partial charge in [-0.2, -0.15) is 0 Å². The zero-order valence-electron chi connectivity index (χ0n) is 12.8. The summed E-state index contributed by atoms with van der Waals surface area (Å²) >= 11 is 0. The molecule has 0 atom stereocenters. The smallest absolute Gasteiger partial charge is 0.328 e. The zero-order chi connectivity index (χ0) is 17.1. The monoisotopic (exact) mass is 333 g/mol. The molecule has 0 spiro atoms. The summed E-state index contributed by atoms with van der Waals surface area (Å²) in [6, 6.07) is 5.86. The van der Waals surface area contributed by atoms with Gasteiger partial charge in [0.25, 0.3) is 11.5 Å². The molecule has 7 nitrogen and oxygen atoms in total. The molecule has 1 amide bonds. The van der Waals surface area contributed by atoms with E-state index in [0.717, 1.165) is 10.8 Å². The molecule has 1 N–H and O–H groups in total. The number of carbonyl (C=O) groups is 1. The predicted molar refractivity (Wildman–Crippen MR) is 83.5 cm³/mol. The van der Waals surface area contributed by atoms with Crippen LogP contribution in [-0.2, 0) is 11.3 Å². The van der Waals surface area contributed by atoms with Gasteiger partial charge in [-0.05, 0) is 6.07 Å². The topological polar surface area (TPSA) is 84.4 Å². The number of morpholine rings is 1. The van der Waals surface area contributed by atoms with Crippen molar-refractivity contribution in [1.29, 1.82) is 0 Å². The molecule has 0 bridgehead atoms. The Kier molecular flexibility index (Phi) is 4.57. The van der Waals surface area contributed by atoms with Crippen LogP contribution in [-0.4, -0.2) is 46.7 Å². The average Bonchev–Trinajstić information content (AvgIpc) is 2.60. The van der Waals surface area contributed by atoms with Gasteiger partial charge >= 0.3 is 5.69 Å². The minimum atomic E-state index is -0.738. The van der Waals surface area contributed by atoms with Gasteiger partial charge in [-0.25, -0.2) is 9.18 Å². The minimum absolute atomic E-state index is 0.146. The molecular formula is C16H16FN3O4. The first kappa shape index (κ1) is 16.1. The van der Waals surface area contributed by atoms with Crippen molar-refractivity contribution in [1.82, 2.24) is 14.5 Å². The molecule has 1 saturated heterocycles. The van der Waals surface area contributed by atoms with Gasteiger partial charge in [-0.1, -0.05) is 18.2 Å². The Hall–Kier alpha value is -2.74. The molecule has 0 radical (unpaired) electrons. The standard InChI is InChI=1S/C16H16FN3O4/c17-13-4-2-1-3-11(13)10-20-15(22)12(9-18-16(20)23)14(21)19-5-7-24-8-6-19/h1-4,9H,5-8,10H2,(H,18,23). The zero-order valence-corrected chi connectivity index (χ0v) is 12.8. The van der Waals surface area contributed by atoms with Crippen molar-refractivity contribution in [2.75, 3.05) is 26.3 Å². The maximum absolute atomic E-state index is 13.8. The van der Waals surface area contributed by atoms with Crippen molar-refractivity contribution in [2.45, 2.75) is 6.54 Å². The molecule has 1 aliphatic heterocycles. The van der Waals surface area contributed by atoms with Crippen LogP contribution in [0, 0.1) is 5.82 Å². The summed E-state index contributed by atoms with van der Waals surface area (Å²) in [6.45, 7) is 1.32. The fourth-order valence-corrected chi connectivity index (χ4v) is 2.54. The van der Waals surface area contributed by atoms with Crippen molar-refractivity contribution in [3.8, 4) is 0 Å². The number of rotatable bonds is 3. The Morgan fingerprint density at radius 1 is 1.21 bits per heavy atom. The average molecular weight is 333 g/mol. The van der Waals surface area contributed by atoms with Crippen molar-refractivity contribution in [2.24, 2.45) is 0 Å². The summed E-state index contributed by atoms with van der Waals surface area (Å²) in [4.78, 5) is 40.8. The van der Waals surface area contributed by atoms with Crippen molar-refractivity contribution in [3.05, 3.63) is 68.2 Å². The molecule has 1 aromatic carbocycles. The number of ether oxygens (including phenoxy) is 1. The van der Waals surface area contributed by atoms with Crippen LogP contribution in [0.15, 0.2) is 40.1 Å². The van der Waals surface area contributed by atoms with Gasteiger partial charge in [0, 0.05) is 24.8 Å². The fourth-order valence-electron chi connectivity index (χ4n) is 2.54. The lowest BCUT2D eigenvalue weighted by atomic mass is 10.2. The highest BCUT2D eigenvalue weighted by molar-refractivity contribution is 5.93. The number of hydrogen-bond acceptors (Lipinski definition) is 4. The molecule has 2 heterocycles. The van der Waals surface area contributed by atoms with Gasteiger partial charge < -0.3 is 14.6 Å². The number of carbonyl (C=O) groups excluding carboxylic acids is 1. The molecule has 0 saturated carbocycles. The maximum atomic E-state index is 13.8. The van der Waals surface area contributed by atoms with Crippen molar-refractivity contribution in [3.63, 3.8) is 0 Å². The van der Waals surface area contributed by atoms with Gasteiger partial charge in [-0.15, -0.1) is 0 Å². The van der Waals surface area contributed by atoms with E-state index in [0.29, 0.717) is 26.3 Å². The summed E-state index contributed by atoms with van der Waals surface area (Å²) in [5, 5.41) is 0. The molecule has 3 rings (SSSR count). The first-order valence-electron chi connectivity index (χ1n) is 7.51. The summed E-state index contributed by atoms with van der Waals surface area (Å²) < 4.78 is 19.8. The highest BCUT2D eigenvalue weighted by Crippen LogP contribution is 2.07. The number of benzene rings is 1. The number of amides is 1. The molecule has 1 aliphatic rings. The van der Waals surface area contributed by atoms with E-state index in [2.05, 4.69) is 4.98 Å². The lowest BCUT2D eigenvalue weighted by molar-refractivity contribution is 0.0301. The first-order valence-corrected chi connectivity index (χ1v) is 7.51. The van der Waals surface area contributed by atoms with E-state index in [1.165, 1.54) is 23.1 Å². The Bertz CT molecular complexity index is 868. The van der Waals surface area contributed by atoms with Crippen LogP contribution in [0.25, 0.3) is 0 Å². The van der Waals surface area contributed by atoms with Gasteiger partial charge in [0.2, 0.25) is 0 Å². The number of nitrogens with one attached hydrogen (secondary N) is 1. The summed E-state index contributed by atoms with van der Waals surface area (Å²) in [5.74, 6) is -0.990. The summed E-state index contributed by atoms with van der Waals surface area (Å²) in [5.41, 5.74) is -1.38. The number of H-pyrrole nitrogens is 1. The minimum Gasteiger partial charge on any atom is -0.378 e. The molecule has 24 heavy (non-hydrogen) atoms. The third-order valence-corrected chi connectivity index (χ3v) is 3.88.